The van der Waals surface area contributed by atoms with Gasteiger partial charge in [0.1, 0.15) is 6.61 Å². The number of nitrogens with two attached hydrogens (primary N) is 1. The summed E-state index contributed by atoms with van der Waals surface area (Å²) < 4.78 is 4.83. The highest BCUT2D eigenvalue weighted by atomic mass is 16.5. The molecule has 1 atom stereocenters. The van der Waals surface area contributed by atoms with Crippen LogP contribution in [-0.4, -0.2) is 54.5 Å². The van der Waals surface area contributed by atoms with E-state index in [1.807, 2.05) is 0 Å². The molecule has 0 aromatic heterocycles. The van der Waals surface area contributed by atoms with Crippen molar-refractivity contribution in [2.24, 2.45) is 5.73 Å². The minimum Gasteiger partial charge on any atom is -0.479 e. The van der Waals surface area contributed by atoms with E-state index in [9.17, 15) is 9.59 Å². The van der Waals surface area contributed by atoms with E-state index >= 15 is 0 Å². The molecule has 0 heterocycles. The number of aliphatic hydroxyl groups excluding tert-OH is 1. The maximum absolute atomic E-state index is 11.0. The van der Waals surface area contributed by atoms with Gasteiger partial charge in [0.15, 0.2) is 6.10 Å². The number of rotatable bonds is 8. The van der Waals surface area contributed by atoms with Crippen molar-refractivity contribution in [1.29, 1.82) is 0 Å². The van der Waals surface area contributed by atoms with Crippen molar-refractivity contribution >= 4 is 11.9 Å². The number of amides is 1. The molecular weight excluding hydrogens is 204 g/mol. The van der Waals surface area contributed by atoms with Gasteiger partial charge in [-0.2, -0.15) is 0 Å². The summed E-state index contributed by atoms with van der Waals surface area (Å²) in [4.78, 5) is 21.1. The van der Waals surface area contributed by atoms with Crippen LogP contribution >= 0.6 is 0 Å². The zero-order chi connectivity index (χ0) is 11.7. The van der Waals surface area contributed by atoms with Crippen molar-refractivity contribution in [2.45, 2.75) is 12.5 Å². The highest BCUT2D eigenvalue weighted by molar-refractivity contribution is 5.77. The molecule has 0 bridgehead atoms. The van der Waals surface area contributed by atoms with E-state index in [1.165, 1.54) is 0 Å². The van der Waals surface area contributed by atoms with Gasteiger partial charge in [-0.1, -0.05) is 0 Å². The second kappa shape index (κ2) is 8.16. The molecule has 1 unspecified atom stereocenters. The number of hydrogen-bond donors (Lipinski definition) is 4. The number of ether oxygens (including phenoxy) is 1. The van der Waals surface area contributed by atoms with Crippen molar-refractivity contribution in [3.05, 3.63) is 0 Å². The van der Waals surface area contributed by atoms with Crippen molar-refractivity contribution in [2.75, 3.05) is 26.3 Å². The number of carboxylic acids is 1. The first-order valence-electron chi connectivity index (χ1n) is 4.53. The van der Waals surface area contributed by atoms with Gasteiger partial charge in [-0.3, -0.25) is 4.79 Å². The molecule has 0 rings (SSSR count). The van der Waals surface area contributed by atoms with Crippen molar-refractivity contribution in [3.63, 3.8) is 0 Å². The number of nitrogens with one attached hydrogen (secondary N) is 1. The molecule has 0 aromatic carbocycles. The lowest BCUT2D eigenvalue weighted by Crippen LogP contribution is -2.32. The Hall–Kier alpha value is -1.18. The Balaban J connectivity index is 3.42. The molecule has 0 aromatic rings. The van der Waals surface area contributed by atoms with E-state index in [2.05, 4.69) is 5.32 Å². The van der Waals surface area contributed by atoms with Crippen LogP contribution in [-0.2, 0) is 14.3 Å². The van der Waals surface area contributed by atoms with Crippen LogP contribution in [0.25, 0.3) is 0 Å². The molecule has 0 aliphatic heterocycles. The van der Waals surface area contributed by atoms with E-state index in [1.54, 1.807) is 0 Å². The van der Waals surface area contributed by atoms with Crippen molar-refractivity contribution in [1.82, 2.24) is 5.32 Å². The predicted octanol–water partition coefficient (Wildman–Crippen LogP) is -2.09. The van der Waals surface area contributed by atoms with Crippen LogP contribution in [0.3, 0.4) is 0 Å². The maximum atomic E-state index is 11.0. The molecule has 88 valence electrons. The topological polar surface area (TPSA) is 122 Å². The Morgan fingerprint density at radius 1 is 1.47 bits per heavy atom. The molecule has 7 nitrogen and oxygen atoms in total. The van der Waals surface area contributed by atoms with E-state index < -0.39 is 12.1 Å². The van der Waals surface area contributed by atoms with Gasteiger partial charge in [0.05, 0.1) is 6.61 Å². The molecular formula is C8H16N2O5. The third-order valence-corrected chi connectivity index (χ3v) is 1.52. The number of carbonyl (C=O) groups excluding carboxylic acids is 1. The molecule has 1 amide bonds. The Bertz CT molecular complexity index is 209. The van der Waals surface area contributed by atoms with Gasteiger partial charge in [-0.25, -0.2) is 4.79 Å². The van der Waals surface area contributed by atoms with Crippen LogP contribution in [0.15, 0.2) is 0 Å². The van der Waals surface area contributed by atoms with Crippen molar-refractivity contribution < 1.29 is 24.5 Å². The molecule has 0 spiro atoms. The first-order valence-corrected chi connectivity index (χ1v) is 4.53. The Morgan fingerprint density at radius 2 is 2.13 bits per heavy atom. The summed E-state index contributed by atoms with van der Waals surface area (Å²) >= 11 is 0. The van der Waals surface area contributed by atoms with Gasteiger partial charge in [0.25, 0.3) is 0 Å². The summed E-state index contributed by atoms with van der Waals surface area (Å²) in [5.41, 5.74) is 5.13. The van der Waals surface area contributed by atoms with Crippen LogP contribution in [0.1, 0.15) is 6.42 Å². The van der Waals surface area contributed by atoms with E-state index in [-0.39, 0.29) is 25.5 Å². The fourth-order valence-corrected chi connectivity index (χ4v) is 0.771. The second-order valence-corrected chi connectivity index (χ2v) is 2.83. The van der Waals surface area contributed by atoms with Gasteiger partial charge in [-0.15, -0.1) is 0 Å². The summed E-state index contributed by atoms with van der Waals surface area (Å²) in [6.07, 6.45) is -1.48. The third kappa shape index (κ3) is 7.86. The average molecular weight is 220 g/mol. The first kappa shape index (κ1) is 13.8. The molecule has 0 aliphatic carbocycles. The average Bonchev–Trinajstić information content (AvgIpc) is 2.18. The summed E-state index contributed by atoms with van der Waals surface area (Å²) in [5.74, 6) is -1.66. The molecule has 0 saturated heterocycles. The maximum Gasteiger partial charge on any atom is 0.332 e. The fourth-order valence-electron chi connectivity index (χ4n) is 0.771. The fraction of sp³-hybridized carbons (Fsp3) is 0.750. The van der Waals surface area contributed by atoms with Gasteiger partial charge in [-0.05, 0) is 0 Å². The molecule has 0 radical (unpaired) electrons. The summed E-state index contributed by atoms with van der Waals surface area (Å²) in [5, 5.41) is 19.6. The Morgan fingerprint density at radius 3 is 2.67 bits per heavy atom. The van der Waals surface area contributed by atoms with E-state index in [4.69, 9.17) is 20.7 Å². The Labute approximate surface area is 87.2 Å². The lowest BCUT2D eigenvalue weighted by molar-refractivity contribution is -0.147. The minimum atomic E-state index is -1.45. The highest BCUT2D eigenvalue weighted by Gasteiger charge is 2.12. The van der Waals surface area contributed by atoms with Gasteiger partial charge < -0.3 is 26.0 Å². The molecule has 0 fully saturated rings. The Kier molecular flexibility index (Phi) is 7.51. The molecule has 0 saturated carbocycles. The van der Waals surface area contributed by atoms with Crippen molar-refractivity contribution in [3.8, 4) is 0 Å². The van der Waals surface area contributed by atoms with E-state index in [0.29, 0.717) is 13.2 Å². The number of carboxylic acid groups (broad SMARTS) is 1. The number of hydrogen-bond acceptors (Lipinski definition) is 5. The highest BCUT2D eigenvalue weighted by Crippen LogP contribution is 1.89. The van der Waals surface area contributed by atoms with Gasteiger partial charge >= 0.3 is 5.97 Å². The van der Waals surface area contributed by atoms with Crippen LogP contribution < -0.4 is 11.1 Å². The lowest BCUT2D eigenvalue weighted by Gasteiger charge is -2.07. The molecule has 0 aliphatic rings. The SMILES string of the molecule is NCCOCC(=O)NCCC(O)C(=O)O. The minimum absolute atomic E-state index is 0.0298. The van der Waals surface area contributed by atoms with Gasteiger partial charge in [0.2, 0.25) is 5.91 Å². The molecule has 5 N–H and O–H groups in total. The molecule has 7 heteroatoms. The summed E-state index contributed by atoms with van der Waals surface area (Å²) in [7, 11) is 0. The number of aliphatic hydroxyl groups is 1. The van der Waals surface area contributed by atoms with E-state index in [0.717, 1.165) is 0 Å². The normalized spacial score (nSPS) is 12.1. The summed E-state index contributed by atoms with van der Waals surface area (Å²) in [6, 6.07) is 0. The van der Waals surface area contributed by atoms with Crippen LogP contribution in [0.2, 0.25) is 0 Å². The lowest BCUT2D eigenvalue weighted by atomic mass is 10.2. The standard InChI is InChI=1S/C8H16N2O5/c9-2-4-15-5-7(12)10-3-1-6(11)8(13)14/h6,11H,1-5,9H2,(H,10,12)(H,13,14). The summed E-state index contributed by atoms with van der Waals surface area (Å²) in [6.45, 7) is 0.620. The zero-order valence-electron chi connectivity index (χ0n) is 8.31. The second-order valence-electron chi connectivity index (χ2n) is 2.83. The predicted molar refractivity (Wildman–Crippen MR) is 51.1 cm³/mol. The molecule has 15 heavy (non-hydrogen) atoms. The monoisotopic (exact) mass is 220 g/mol. The van der Waals surface area contributed by atoms with Crippen LogP contribution in [0.4, 0.5) is 0 Å². The number of carbonyl (C=O) groups is 2. The van der Waals surface area contributed by atoms with Gasteiger partial charge in [0, 0.05) is 19.5 Å². The largest absolute Gasteiger partial charge is 0.479 e. The number of aliphatic carboxylic acids is 1. The first-order chi connectivity index (χ1) is 7.07. The van der Waals surface area contributed by atoms with Crippen LogP contribution in [0.5, 0.6) is 0 Å². The zero-order valence-corrected chi connectivity index (χ0v) is 8.31. The quantitative estimate of drug-likeness (QED) is 0.348. The smallest absolute Gasteiger partial charge is 0.332 e. The third-order valence-electron chi connectivity index (χ3n) is 1.52. The van der Waals surface area contributed by atoms with Crippen LogP contribution in [0, 0.1) is 0 Å².